The van der Waals surface area contributed by atoms with Crippen molar-refractivity contribution in [2.45, 2.75) is 43.7 Å². The minimum atomic E-state index is -4.33. The fraction of sp³-hybridized carbons (Fsp3) is 0.235. The topological polar surface area (TPSA) is 86.8 Å². The van der Waals surface area contributed by atoms with E-state index in [-0.39, 0.29) is 34.5 Å². The highest BCUT2D eigenvalue weighted by molar-refractivity contribution is 7.92. The van der Waals surface area contributed by atoms with Gasteiger partial charge < -0.3 is 10.2 Å². The van der Waals surface area contributed by atoms with E-state index in [0.29, 0.717) is 17.1 Å². The Morgan fingerprint density at radius 2 is 1.51 bits per heavy atom. The van der Waals surface area contributed by atoms with Crippen LogP contribution < -0.4 is 9.62 Å². The lowest BCUT2D eigenvalue weighted by Crippen LogP contribution is -2.53. The number of carbonyl (C=O) groups excluding carboxylic acids is 2. The molecule has 0 radical (unpaired) electrons. The van der Waals surface area contributed by atoms with Crippen LogP contribution in [-0.4, -0.2) is 44.3 Å². The maximum atomic E-state index is 14.4. The fourth-order valence-electron chi connectivity index (χ4n) is 4.74. The highest BCUT2D eigenvalue weighted by atomic mass is 35.5. The van der Waals surface area contributed by atoms with E-state index in [0.717, 1.165) is 34.8 Å². The molecule has 4 aromatic carbocycles. The van der Waals surface area contributed by atoms with E-state index < -0.39 is 34.3 Å². The second-order valence-corrected chi connectivity index (χ2v) is 13.1. The van der Waals surface area contributed by atoms with Crippen molar-refractivity contribution >= 4 is 50.7 Å². The maximum absolute atomic E-state index is 14.4. The van der Waals surface area contributed by atoms with E-state index in [4.69, 9.17) is 23.2 Å². The molecule has 236 valence electrons. The van der Waals surface area contributed by atoms with E-state index in [1.807, 2.05) is 37.3 Å². The van der Waals surface area contributed by atoms with Crippen molar-refractivity contribution in [3.8, 4) is 0 Å². The summed E-state index contributed by atoms with van der Waals surface area (Å²) in [5.74, 6) is -1.74. The van der Waals surface area contributed by atoms with Crippen molar-refractivity contribution < 1.29 is 22.4 Å². The zero-order valence-corrected chi connectivity index (χ0v) is 27.0. The number of hydrogen-bond donors (Lipinski definition) is 1. The third kappa shape index (κ3) is 9.06. The molecular weight excluding hydrogens is 636 g/mol. The number of hydrogen-bond acceptors (Lipinski definition) is 4. The standard InChI is InChI=1S/C34H34Cl2FN3O4S/c1-2-3-20-38-34(42)32(21-25-10-6-4-7-11-25)39(23-26-14-16-27(35)17-15-26)33(41)24-40(28-18-19-31(37)30(36)22-28)45(43,44)29-12-8-5-9-13-29/h4-19,22,32H,2-3,20-21,23-24H2,1H3,(H,38,42)/t32-/m0/s1. The molecule has 0 fully saturated rings. The molecule has 0 spiro atoms. The van der Waals surface area contributed by atoms with Gasteiger partial charge in [-0.2, -0.15) is 0 Å². The first-order chi connectivity index (χ1) is 21.6. The van der Waals surface area contributed by atoms with Gasteiger partial charge in [0, 0.05) is 24.5 Å². The van der Waals surface area contributed by atoms with Gasteiger partial charge in [0.05, 0.1) is 15.6 Å². The zero-order chi connectivity index (χ0) is 32.4. The summed E-state index contributed by atoms with van der Waals surface area (Å²) in [7, 11) is -4.33. The number of nitrogens with one attached hydrogen (secondary N) is 1. The first-order valence-electron chi connectivity index (χ1n) is 14.5. The Hall–Kier alpha value is -3.92. The Morgan fingerprint density at radius 3 is 2.13 bits per heavy atom. The summed E-state index contributed by atoms with van der Waals surface area (Å²) >= 11 is 12.2. The summed E-state index contributed by atoms with van der Waals surface area (Å²) in [6, 6.07) is 26.2. The van der Waals surface area contributed by atoms with Gasteiger partial charge in [0.2, 0.25) is 11.8 Å². The molecule has 4 aromatic rings. The van der Waals surface area contributed by atoms with E-state index in [9.17, 15) is 22.4 Å². The Balaban J connectivity index is 1.79. The van der Waals surface area contributed by atoms with Crippen LogP contribution in [0.1, 0.15) is 30.9 Å². The van der Waals surface area contributed by atoms with Crippen LogP contribution in [0.15, 0.2) is 108 Å². The monoisotopic (exact) mass is 669 g/mol. The summed E-state index contributed by atoms with van der Waals surface area (Å²) in [5, 5.41) is 3.14. The number of sulfonamides is 1. The molecule has 0 bridgehead atoms. The van der Waals surface area contributed by atoms with Crippen molar-refractivity contribution in [3.05, 3.63) is 130 Å². The molecule has 0 unspecified atom stereocenters. The Morgan fingerprint density at radius 1 is 0.867 bits per heavy atom. The number of nitrogens with zero attached hydrogens (tertiary/aromatic N) is 2. The molecule has 0 aromatic heterocycles. The molecule has 0 heterocycles. The van der Waals surface area contributed by atoms with E-state index in [1.165, 1.54) is 23.1 Å². The van der Waals surface area contributed by atoms with Crippen molar-refractivity contribution in [2.24, 2.45) is 0 Å². The van der Waals surface area contributed by atoms with Crippen molar-refractivity contribution in [2.75, 3.05) is 17.4 Å². The Kier molecular flexibility index (Phi) is 12.0. The number of amides is 2. The van der Waals surface area contributed by atoms with E-state index >= 15 is 0 Å². The summed E-state index contributed by atoms with van der Waals surface area (Å²) in [6.07, 6.45) is 1.80. The van der Waals surface area contributed by atoms with Crippen molar-refractivity contribution in [3.63, 3.8) is 0 Å². The largest absolute Gasteiger partial charge is 0.354 e. The van der Waals surface area contributed by atoms with Gasteiger partial charge in [0.25, 0.3) is 10.0 Å². The van der Waals surface area contributed by atoms with E-state index in [1.54, 1.807) is 42.5 Å². The van der Waals surface area contributed by atoms with Crippen LogP contribution in [0.4, 0.5) is 10.1 Å². The van der Waals surface area contributed by atoms with Crippen LogP contribution in [0.3, 0.4) is 0 Å². The Labute approximate surface area is 273 Å². The molecule has 0 saturated heterocycles. The molecule has 2 amide bonds. The summed E-state index contributed by atoms with van der Waals surface area (Å²) < 4.78 is 43.0. The lowest BCUT2D eigenvalue weighted by molar-refractivity contribution is -0.140. The molecule has 4 rings (SSSR count). The molecule has 1 atom stereocenters. The third-order valence-electron chi connectivity index (χ3n) is 7.17. The first-order valence-corrected chi connectivity index (χ1v) is 16.7. The average molecular weight is 671 g/mol. The van der Waals surface area contributed by atoms with Gasteiger partial charge >= 0.3 is 0 Å². The molecule has 45 heavy (non-hydrogen) atoms. The molecular formula is C34H34Cl2FN3O4S. The third-order valence-corrected chi connectivity index (χ3v) is 9.50. The Bertz CT molecular complexity index is 1690. The number of rotatable bonds is 14. The zero-order valence-electron chi connectivity index (χ0n) is 24.7. The first kappa shape index (κ1) is 34.0. The van der Waals surface area contributed by atoms with Gasteiger partial charge in [0.1, 0.15) is 18.4 Å². The van der Waals surface area contributed by atoms with Crippen LogP contribution in [0.25, 0.3) is 0 Å². The van der Waals surface area contributed by atoms with Crippen LogP contribution in [0.5, 0.6) is 0 Å². The molecule has 0 aliphatic carbocycles. The van der Waals surface area contributed by atoms with Gasteiger partial charge in [-0.1, -0.05) is 97.2 Å². The van der Waals surface area contributed by atoms with Gasteiger partial charge in [-0.15, -0.1) is 0 Å². The summed E-state index contributed by atoms with van der Waals surface area (Å²) in [4.78, 5) is 29.5. The molecule has 7 nitrogen and oxygen atoms in total. The second kappa shape index (κ2) is 15.9. The number of halogens is 3. The lowest BCUT2D eigenvalue weighted by atomic mass is 10.0. The molecule has 0 aliphatic heterocycles. The van der Waals surface area contributed by atoms with Crippen molar-refractivity contribution in [1.29, 1.82) is 0 Å². The van der Waals surface area contributed by atoms with Gasteiger partial charge in [-0.05, 0) is 60.0 Å². The maximum Gasteiger partial charge on any atom is 0.264 e. The predicted octanol–water partition coefficient (Wildman–Crippen LogP) is 6.88. The van der Waals surface area contributed by atoms with Crippen molar-refractivity contribution in [1.82, 2.24) is 10.2 Å². The van der Waals surface area contributed by atoms with E-state index in [2.05, 4.69) is 5.32 Å². The number of carbonyl (C=O) groups is 2. The van der Waals surface area contributed by atoms with Crippen LogP contribution in [0, 0.1) is 5.82 Å². The summed E-state index contributed by atoms with van der Waals surface area (Å²) in [6.45, 7) is 1.75. The summed E-state index contributed by atoms with van der Waals surface area (Å²) in [5.41, 5.74) is 1.51. The predicted molar refractivity (Wildman–Crippen MR) is 176 cm³/mol. The smallest absolute Gasteiger partial charge is 0.264 e. The number of unbranched alkanes of at least 4 members (excludes halogenated alkanes) is 1. The SMILES string of the molecule is CCCCNC(=O)[C@H](Cc1ccccc1)N(Cc1ccc(Cl)cc1)C(=O)CN(c1ccc(F)c(Cl)c1)S(=O)(=O)c1ccccc1. The number of anilines is 1. The lowest BCUT2D eigenvalue weighted by Gasteiger charge is -2.34. The molecule has 11 heteroatoms. The highest BCUT2D eigenvalue weighted by Gasteiger charge is 2.34. The van der Waals surface area contributed by atoms with Crippen LogP contribution >= 0.6 is 23.2 Å². The number of benzene rings is 4. The quantitative estimate of drug-likeness (QED) is 0.148. The van der Waals surface area contributed by atoms with Crippen LogP contribution in [-0.2, 0) is 32.6 Å². The molecule has 1 N–H and O–H groups in total. The minimum Gasteiger partial charge on any atom is -0.354 e. The highest BCUT2D eigenvalue weighted by Crippen LogP contribution is 2.28. The normalized spacial score (nSPS) is 11.9. The van der Waals surface area contributed by atoms with Gasteiger partial charge in [-0.25, -0.2) is 12.8 Å². The van der Waals surface area contributed by atoms with Crippen LogP contribution in [0.2, 0.25) is 10.0 Å². The van der Waals surface area contributed by atoms with Gasteiger partial charge in [-0.3, -0.25) is 13.9 Å². The second-order valence-electron chi connectivity index (χ2n) is 10.4. The average Bonchev–Trinajstić information content (AvgIpc) is 3.04. The van der Waals surface area contributed by atoms with Gasteiger partial charge in [0.15, 0.2) is 0 Å². The fourth-order valence-corrected chi connectivity index (χ4v) is 6.46. The molecule has 0 aliphatic rings. The molecule has 0 saturated carbocycles. The minimum absolute atomic E-state index is 0.00189.